The number of methoxy groups -OCH3 is 1. The molecule has 8 heteroatoms. The van der Waals surface area contributed by atoms with Crippen molar-refractivity contribution in [3.63, 3.8) is 0 Å². The van der Waals surface area contributed by atoms with Crippen LogP contribution in [0.2, 0.25) is 5.15 Å². The zero-order valence-corrected chi connectivity index (χ0v) is 17.5. The van der Waals surface area contributed by atoms with Crippen LogP contribution in [0.4, 0.5) is 11.4 Å². The molecule has 30 heavy (non-hydrogen) atoms. The van der Waals surface area contributed by atoms with Gasteiger partial charge in [0.05, 0.1) is 18.5 Å². The summed E-state index contributed by atoms with van der Waals surface area (Å²) in [6.45, 7) is 1.82. The molecule has 2 aromatic carbocycles. The van der Waals surface area contributed by atoms with Gasteiger partial charge in [-0.15, -0.1) is 0 Å². The first-order valence-electron chi connectivity index (χ1n) is 9.11. The van der Waals surface area contributed by atoms with E-state index in [0.29, 0.717) is 33.4 Å². The van der Waals surface area contributed by atoms with E-state index >= 15 is 0 Å². The molecular formula is C22H21ClN4O3. The number of anilines is 2. The standard InChI is InChI=1S/C22H21ClN4O3/c1-14-17(21(23)27(2)26-14)12-13-20(28)24-16-10-8-15(9-11-16)22(29)25-18-6-4-5-7-19(18)30-3/h4-13H,1-3H3,(H,24,28)(H,25,29)/b13-12+. The number of carbonyl (C=O) groups excluding carboxylic acids is 2. The van der Waals surface area contributed by atoms with Crippen molar-refractivity contribution < 1.29 is 14.3 Å². The van der Waals surface area contributed by atoms with E-state index in [0.717, 1.165) is 5.69 Å². The molecule has 0 spiro atoms. The Morgan fingerprint density at radius 1 is 1.10 bits per heavy atom. The number of benzene rings is 2. The molecule has 0 unspecified atom stereocenters. The Hall–Kier alpha value is -3.58. The second kappa shape index (κ2) is 9.28. The summed E-state index contributed by atoms with van der Waals surface area (Å²) in [6, 6.07) is 13.7. The third kappa shape index (κ3) is 4.87. The molecule has 3 aromatic rings. The predicted molar refractivity (Wildman–Crippen MR) is 118 cm³/mol. The molecule has 3 rings (SSSR count). The molecule has 0 saturated carbocycles. The average molecular weight is 425 g/mol. The predicted octanol–water partition coefficient (Wildman–Crippen LogP) is 4.29. The van der Waals surface area contributed by atoms with Gasteiger partial charge >= 0.3 is 0 Å². The molecule has 0 aliphatic heterocycles. The lowest BCUT2D eigenvalue weighted by molar-refractivity contribution is -0.111. The molecule has 1 aromatic heterocycles. The number of carbonyl (C=O) groups is 2. The van der Waals surface area contributed by atoms with Gasteiger partial charge in [-0.3, -0.25) is 14.3 Å². The number of halogens is 1. The quantitative estimate of drug-likeness (QED) is 0.578. The van der Waals surface area contributed by atoms with Crippen LogP contribution >= 0.6 is 11.6 Å². The maximum Gasteiger partial charge on any atom is 0.255 e. The van der Waals surface area contributed by atoms with Crippen molar-refractivity contribution in [3.05, 3.63) is 76.6 Å². The molecule has 1 heterocycles. The summed E-state index contributed by atoms with van der Waals surface area (Å²) < 4.78 is 6.78. The second-order valence-corrected chi connectivity index (χ2v) is 6.83. The van der Waals surface area contributed by atoms with Gasteiger partial charge in [0.25, 0.3) is 5.91 Å². The third-order valence-electron chi connectivity index (χ3n) is 4.37. The fraction of sp³-hybridized carbons (Fsp3) is 0.136. The summed E-state index contributed by atoms with van der Waals surface area (Å²) in [5, 5.41) is 10.2. The van der Waals surface area contributed by atoms with Crippen LogP contribution in [0.3, 0.4) is 0 Å². The third-order valence-corrected chi connectivity index (χ3v) is 4.82. The Labute approximate surface area is 179 Å². The molecule has 0 saturated heterocycles. The summed E-state index contributed by atoms with van der Waals surface area (Å²) in [4.78, 5) is 24.6. The van der Waals surface area contributed by atoms with Crippen molar-refractivity contribution in [3.8, 4) is 5.75 Å². The van der Waals surface area contributed by atoms with Crippen molar-refractivity contribution in [1.82, 2.24) is 9.78 Å². The van der Waals surface area contributed by atoms with E-state index in [1.165, 1.54) is 6.08 Å². The largest absolute Gasteiger partial charge is 0.495 e. The van der Waals surface area contributed by atoms with Crippen LogP contribution in [-0.4, -0.2) is 28.7 Å². The van der Waals surface area contributed by atoms with Crippen LogP contribution in [-0.2, 0) is 11.8 Å². The van der Waals surface area contributed by atoms with Crippen LogP contribution in [0.25, 0.3) is 6.08 Å². The van der Waals surface area contributed by atoms with Crippen molar-refractivity contribution in [2.45, 2.75) is 6.92 Å². The number of nitrogens with zero attached hydrogens (tertiary/aromatic N) is 2. The van der Waals surface area contributed by atoms with E-state index in [-0.39, 0.29) is 11.8 Å². The summed E-state index contributed by atoms with van der Waals surface area (Å²) in [6.07, 6.45) is 3.01. The molecule has 0 bridgehead atoms. The van der Waals surface area contributed by atoms with Crippen LogP contribution < -0.4 is 15.4 Å². The summed E-state index contributed by atoms with van der Waals surface area (Å²) in [7, 11) is 3.28. The van der Waals surface area contributed by atoms with E-state index in [1.54, 1.807) is 61.3 Å². The number of ether oxygens (including phenoxy) is 1. The summed E-state index contributed by atoms with van der Waals surface area (Å²) in [5.74, 6) is -0.0232. The number of nitrogens with one attached hydrogen (secondary N) is 2. The van der Waals surface area contributed by atoms with Crippen molar-refractivity contribution >= 4 is 40.9 Å². The summed E-state index contributed by atoms with van der Waals surface area (Å²) in [5.41, 5.74) is 3.02. The number of para-hydroxylation sites is 2. The average Bonchev–Trinajstić information content (AvgIpc) is 2.98. The zero-order chi connectivity index (χ0) is 21.7. The van der Waals surface area contributed by atoms with Gasteiger partial charge in [0, 0.05) is 29.9 Å². The van der Waals surface area contributed by atoms with E-state index < -0.39 is 0 Å². The first kappa shape index (κ1) is 21.1. The minimum absolute atomic E-state index is 0.279. The Balaban J connectivity index is 1.63. The number of aromatic nitrogens is 2. The molecular weight excluding hydrogens is 404 g/mol. The van der Waals surface area contributed by atoms with Gasteiger partial charge in [0.15, 0.2) is 0 Å². The highest BCUT2D eigenvalue weighted by Gasteiger charge is 2.10. The van der Waals surface area contributed by atoms with Gasteiger partial charge in [-0.1, -0.05) is 23.7 Å². The smallest absolute Gasteiger partial charge is 0.255 e. The minimum Gasteiger partial charge on any atom is -0.495 e. The number of hydrogen-bond acceptors (Lipinski definition) is 4. The highest BCUT2D eigenvalue weighted by atomic mass is 35.5. The van der Waals surface area contributed by atoms with Gasteiger partial charge in [-0.05, 0) is 49.4 Å². The normalized spacial score (nSPS) is 10.8. The van der Waals surface area contributed by atoms with Gasteiger partial charge in [0.1, 0.15) is 10.9 Å². The van der Waals surface area contributed by atoms with E-state index in [9.17, 15) is 9.59 Å². The Morgan fingerprint density at radius 2 is 1.80 bits per heavy atom. The molecule has 154 valence electrons. The molecule has 0 aliphatic rings. The maximum atomic E-state index is 12.5. The first-order chi connectivity index (χ1) is 14.4. The Kier molecular flexibility index (Phi) is 6.54. The molecule has 0 aliphatic carbocycles. The lowest BCUT2D eigenvalue weighted by Gasteiger charge is -2.10. The van der Waals surface area contributed by atoms with Crippen molar-refractivity contribution in [1.29, 1.82) is 0 Å². The number of amides is 2. The molecule has 2 N–H and O–H groups in total. The molecule has 2 amide bonds. The fourth-order valence-corrected chi connectivity index (χ4v) is 3.06. The number of rotatable bonds is 6. The summed E-state index contributed by atoms with van der Waals surface area (Å²) >= 11 is 6.15. The minimum atomic E-state index is -0.319. The highest BCUT2D eigenvalue weighted by Crippen LogP contribution is 2.24. The van der Waals surface area contributed by atoms with E-state index in [4.69, 9.17) is 16.3 Å². The SMILES string of the molecule is COc1ccccc1NC(=O)c1ccc(NC(=O)/C=C/c2c(C)nn(C)c2Cl)cc1. The fourth-order valence-electron chi connectivity index (χ4n) is 2.83. The topological polar surface area (TPSA) is 85.2 Å². The maximum absolute atomic E-state index is 12.5. The van der Waals surface area contributed by atoms with Crippen molar-refractivity contribution in [2.24, 2.45) is 7.05 Å². The first-order valence-corrected chi connectivity index (χ1v) is 9.49. The lowest BCUT2D eigenvalue weighted by atomic mass is 10.2. The molecule has 0 radical (unpaired) electrons. The lowest BCUT2D eigenvalue weighted by Crippen LogP contribution is -2.13. The van der Waals surface area contributed by atoms with Gasteiger partial charge in [-0.2, -0.15) is 5.10 Å². The van der Waals surface area contributed by atoms with Gasteiger partial charge in [-0.25, -0.2) is 0 Å². The Bertz CT molecular complexity index is 1100. The van der Waals surface area contributed by atoms with Gasteiger partial charge < -0.3 is 15.4 Å². The molecule has 0 atom stereocenters. The highest BCUT2D eigenvalue weighted by molar-refractivity contribution is 6.31. The molecule has 0 fully saturated rings. The zero-order valence-electron chi connectivity index (χ0n) is 16.8. The van der Waals surface area contributed by atoms with E-state index in [1.807, 2.05) is 19.1 Å². The van der Waals surface area contributed by atoms with Crippen LogP contribution in [0.1, 0.15) is 21.6 Å². The Morgan fingerprint density at radius 3 is 2.43 bits per heavy atom. The van der Waals surface area contributed by atoms with Crippen LogP contribution in [0.5, 0.6) is 5.75 Å². The van der Waals surface area contributed by atoms with Gasteiger partial charge in [0.2, 0.25) is 5.91 Å². The second-order valence-electron chi connectivity index (χ2n) is 6.47. The molecule has 7 nitrogen and oxygen atoms in total. The van der Waals surface area contributed by atoms with Crippen LogP contribution in [0, 0.1) is 6.92 Å². The van der Waals surface area contributed by atoms with E-state index in [2.05, 4.69) is 15.7 Å². The van der Waals surface area contributed by atoms with Crippen molar-refractivity contribution in [2.75, 3.05) is 17.7 Å². The van der Waals surface area contributed by atoms with Crippen LogP contribution in [0.15, 0.2) is 54.6 Å². The number of hydrogen-bond donors (Lipinski definition) is 2. The monoisotopic (exact) mass is 424 g/mol. The number of aryl methyl sites for hydroxylation is 2.